The molecule has 0 atom stereocenters. The topological polar surface area (TPSA) is 95.3 Å². The van der Waals surface area contributed by atoms with Crippen molar-refractivity contribution in [3.63, 3.8) is 0 Å². The Kier molecular flexibility index (Phi) is 3.75. The quantitative estimate of drug-likeness (QED) is 0.616. The smallest absolute Gasteiger partial charge is 0.267 e. The fourth-order valence-corrected chi connectivity index (χ4v) is 3.87. The standard InChI is InChI=1S/C17H10N2O4S/c18-11-13(10-12-6-2-1-3-7-12)16(20)19-17(21)14-8-4-5-9-15(14)24(19,22)23/h1-10H/b13-10+. The van der Waals surface area contributed by atoms with E-state index in [0.29, 0.717) is 5.56 Å². The number of carbonyl (C=O) groups is 2. The van der Waals surface area contributed by atoms with Crippen LogP contribution in [0.2, 0.25) is 0 Å². The Balaban J connectivity index is 2.07. The molecule has 2 aromatic carbocycles. The molecule has 7 heteroatoms. The molecule has 3 rings (SSSR count). The molecule has 0 N–H and O–H groups in total. The first kappa shape index (κ1) is 15.6. The van der Waals surface area contributed by atoms with Crippen molar-refractivity contribution < 1.29 is 18.0 Å². The van der Waals surface area contributed by atoms with E-state index in [0.717, 1.165) is 0 Å². The zero-order chi connectivity index (χ0) is 17.3. The van der Waals surface area contributed by atoms with Crippen molar-refractivity contribution in [3.05, 3.63) is 71.3 Å². The molecule has 0 aromatic heterocycles. The fraction of sp³-hybridized carbons (Fsp3) is 0. The molecule has 0 bridgehead atoms. The number of hydrogen-bond acceptors (Lipinski definition) is 5. The predicted octanol–water partition coefficient (Wildman–Crippen LogP) is 1.96. The van der Waals surface area contributed by atoms with E-state index in [4.69, 9.17) is 0 Å². The lowest BCUT2D eigenvalue weighted by atomic mass is 10.1. The molecule has 0 aliphatic carbocycles. The Morgan fingerprint density at radius 3 is 2.29 bits per heavy atom. The number of carbonyl (C=O) groups excluding carboxylic acids is 2. The molecule has 0 spiro atoms. The number of imide groups is 1. The number of hydrogen-bond donors (Lipinski definition) is 0. The Bertz CT molecular complexity index is 1020. The summed E-state index contributed by atoms with van der Waals surface area (Å²) in [5, 5.41) is 9.22. The van der Waals surface area contributed by atoms with Gasteiger partial charge in [0.25, 0.3) is 21.8 Å². The van der Waals surface area contributed by atoms with Gasteiger partial charge in [0.05, 0.1) is 5.56 Å². The molecular weight excluding hydrogens is 328 g/mol. The summed E-state index contributed by atoms with van der Waals surface area (Å²) >= 11 is 0. The summed E-state index contributed by atoms with van der Waals surface area (Å²) in [5.41, 5.74) is 0.0257. The summed E-state index contributed by atoms with van der Waals surface area (Å²) in [6.07, 6.45) is 1.24. The zero-order valence-corrected chi connectivity index (χ0v) is 13.0. The number of nitriles is 1. The summed E-state index contributed by atoms with van der Waals surface area (Å²) < 4.78 is 25.1. The number of sulfonamides is 1. The third kappa shape index (κ3) is 2.39. The molecule has 0 saturated heterocycles. The SMILES string of the molecule is N#C/C(=C\c1ccccc1)C(=O)N1C(=O)c2ccccc2S1(=O)=O. The van der Waals surface area contributed by atoms with Gasteiger partial charge in [-0.25, -0.2) is 8.42 Å². The van der Waals surface area contributed by atoms with E-state index in [-0.39, 0.29) is 14.8 Å². The molecular formula is C17H10N2O4S. The van der Waals surface area contributed by atoms with Crippen LogP contribution in [-0.4, -0.2) is 24.5 Å². The van der Waals surface area contributed by atoms with Crippen molar-refractivity contribution >= 4 is 27.9 Å². The van der Waals surface area contributed by atoms with Gasteiger partial charge >= 0.3 is 0 Å². The van der Waals surface area contributed by atoms with Crippen LogP contribution in [0.25, 0.3) is 6.08 Å². The first-order valence-electron chi connectivity index (χ1n) is 6.86. The van der Waals surface area contributed by atoms with Crippen molar-refractivity contribution in [3.8, 4) is 6.07 Å². The second-order valence-electron chi connectivity index (χ2n) is 4.96. The first-order valence-corrected chi connectivity index (χ1v) is 8.30. The summed E-state index contributed by atoms with van der Waals surface area (Å²) in [5.74, 6) is -2.12. The summed E-state index contributed by atoms with van der Waals surface area (Å²) in [4.78, 5) is 24.6. The maximum Gasteiger partial charge on any atom is 0.285 e. The average molecular weight is 338 g/mol. The van der Waals surface area contributed by atoms with Gasteiger partial charge in [-0.1, -0.05) is 42.5 Å². The predicted molar refractivity (Wildman–Crippen MR) is 84.8 cm³/mol. The van der Waals surface area contributed by atoms with Crippen LogP contribution in [0.4, 0.5) is 0 Å². The second-order valence-corrected chi connectivity index (χ2v) is 6.71. The van der Waals surface area contributed by atoms with Crippen LogP contribution in [0.1, 0.15) is 15.9 Å². The molecule has 2 aromatic rings. The van der Waals surface area contributed by atoms with Gasteiger partial charge in [0, 0.05) is 0 Å². The molecule has 1 heterocycles. The van der Waals surface area contributed by atoms with E-state index < -0.39 is 27.4 Å². The van der Waals surface area contributed by atoms with Gasteiger partial charge in [-0.2, -0.15) is 9.57 Å². The van der Waals surface area contributed by atoms with Crippen molar-refractivity contribution in [2.75, 3.05) is 0 Å². The number of fused-ring (bicyclic) bond motifs is 1. The lowest BCUT2D eigenvalue weighted by Crippen LogP contribution is -2.37. The van der Waals surface area contributed by atoms with Crippen LogP contribution in [0.5, 0.6) is 0 Å². The van der Waals surface area contributed by atoms with Crippen LogP contribution in [-0.2, 0) is 14.8 Å². The fourth-order valence-electron chi connectivity index (χ4n) is 2.35. The highest BCUT2D eigenvalue weighted by atomic mass is 32.2. The van der Waals surface area contributed by atoms with Gasteiger partial charge in [0.15, 0.2) is 0 Å². The average Bonchev–Trinajstić information content (AvgIpc) is 2.80. The molecule has 1 aliphatic heterocycles. The monoisotopic (exact) mass is 338 g/mol. The van der Waals surface area contributed by atoms with Crippen LogP contribution in [0.15, 0.2) is 65.1 Å². The third-order valence-corrected chi connectivity index (χ3v) is 5.19. The molecule has 0 saturated carbocycles. The molecule has 1 aliphatic rings. The van der Waals surface area contributed by atoms with Crippen molar-refractivity contribution in [1.29, 1.82) is 5.26 Å². The third-order valence-electron chi connectivity index (χ3n) is 3.47. The minimum Gasteiger partial charge on any atom is -0.267 e. The van der Waals surface area contributed by atoms with Crippen LogP contribution < -0.4 is 0 Å². The zero-order valence-electron chi connectivity index (χ0n) is 12.2. The van der Waals surface area contributed by atoms with Crippen LogP contribution in [0, 0.1) is 11.3 Å². The van der Waals surface area contributed by atoms with E-state index in [9.17, 15) is 23.3 Å². The summed E-state index contributed by atoms with van der Waals surface area (Å²) in [7, 11) is -4.30. The second kappa shape index (κ2) is 5.76. The molecule has 24 heavy (non-hydrogen) atoms. The Hall–Kier alpha value is -3.24. The lowest BCUT2D eigenvalue weighted by molar-refractivity contribution is -0.120. The van der Waals surface area contributed by atoms with E-state index in [1.54, 1.807) is 36.4 Å². The molecule has 0 radical (unpaired) electrons. The summed E-state index contributed by atoms with van der Waals surface area (Å²) in [6.45, 7) is 0. The van der Waals surface area contributed by atoms with Crippen LogP contribution >= 0.6 is 0 Å². The van der Waals surface area contributed by atoms with Gasteiger partial charge in [-0.3, -0.25) is 9.59 Å². The van der Waals surface area contributed by atoms with Gasteiger partial charge in [-0.05, 0) is 23.8 Å². The van der Waals surface area contributed by atoms with E-state index in [1.807, 2.05) is 0 Å². The van der Waals surface area contributed by atoms with Gasteiger partial charge in [0.2, 0.25) is 0 Å². The minimum absolute atomic E-state index is 0.0807. The summed E-state index contributed by atoms with van der Waals surface area (Å²) in [6, 6.07) is 15.7. The van der Waals surface area contributed by atoms with E-state index >= 15 is 0 Å². The number of benzene rings is 2. The molecule has 118 valence electrons. The highest BCUT2D eigenvalue weighted by molar-refractivity contribution is 7.90. The number of amides is 2. The van der Waals surface area contributed by atoms with E-state index in [1.165, 1.54) is 30.3 Å². The van der Waals surface area contributed by atoms with Gasteiger partial charge < -0.3 is 0 Å². The highest BCUT2D eigenvalue weighted by Crippen LogP contribution is 2.31. The maximum atomic E-state index is 12.5. The van der Waals surface area contributed by atoms with Crippen molar-refractivity contribution in [1.82, 2.24) is 4.31 Å². The largest absolute Gasteiger partial charge is 0.285 e. The maximum absolute atomic E-state index is 12.5. The number of nitrogens with zero attached hydrogens (tertiary/aromatic N) is 2. The van der Waals surface area contributed by atoms with Gasteiger partial charge in [0.1, 0.15) is 16.5 Å². The minimum atomic E-state index is -4.30. The normalized spacial score (nSPS) is 15.7. The molecule has 2 amide bonds. The molecule has 6 nitrogen and oxygen atoms in total. The van der Waals surface area contributed by atoms with Crippen molar-refractivity contribution in [2.24, 2.45) is 0 Å². The van der Waals surface area contributed by atoms with Crippen LogP contribution in [0.3, 0.4) is 0 Å². The van der Waals surface area contributed by atoms with E-state index in [2.05, 4.69) is 0 Å². The first-order chi connectivity index (χ1) is 11.5. The molecule has 0 fully saturated rings. The Labute approximate surface area is 138 Å². The van der Waals surface area contributed by atoms with Gasteiger partial charge in [-0.15, -0.1) is 0 Å². The lowest BCUT2D eigenvalue weighted by Gasteiger charge is -2.12. The highest BCUT2D eigenvalue weighted by Gasteiger charge is 2.45. The Morgan fingerprint density at radius 2 is 1.67 bits per heavy atom. The van der Waals surface area contributed by atoms with Crippen molar-refractivity contribution in [2.45, 2.75) is 4.90 Å². The number of rotatable bonds is 2. The molecule has 0 unspecified atom stereocenters. The Morgan fingerprint density at radius 1 is 1.04 bits per heavy atom.